The fourth-order valence-corrected chi connectivity index (χ4v) is 2.07. The van der Waals surface area contributed by atoms with Crippen molar-refractivity contribution in [2.24, 2.45) is 7.05 Å². The summed E-state index contributed by atoms with van der Waals surface area (Å²) in [6.07, 6.45) is 7.35. The van der Waals surface area contributed by atoms with E-state index in [1.807, 2.05) is 26.1 Å². The van der Waals surface area contributed by atoms with E-state index in [0.717, 1.165) is 28.0 Å². The molecule has 2 rings (SSSR count). The summed E-state index contributed by atoms with van der Waals surface area (Å²) >= 11 is 0. The molecule has 0 aromatic carbocycles. The summed E-state index contributed by atoms with van der Waals surface area (Å²) in [6.45, 7) is 7.92. The van der Waals surface area contributed by atoms with Crippen molar-refractivity contribution in [1.29, 1.82) is 0 Å². The fraction of sp³-hybridized carbons (Fsp3) is 0.231. The zero-order chi connectivity index (χ0) is 11.7. The third kappa shape index (κ3) is 1.36. The van der Waals surface area contributed by atoms with Crippen LogP contribution < -0.4 is 0 Å². The van der Waals surface area contributed by atoms with E-state index in [1.165, 1.54) is 0 Å². The fourth-order valence-electron chi connectivity index (χ4n) is 2.07. The molecule has 2 aromatic heterocycles. The van der Waals surface area contributed by atoms with Crippen molar-refractivity contribution in [3.8, 4) is 0 Å². The van der Waals surface area contributed by atoms with Gasteiger partial charge in [-0.15, -0.1) is 0 Å². The Morgan fingerprint density at radius 1 is 1.38 bits per heavy atom. The summed E-state index contributed by atoms with van der Waals surface area (Å²) in [6, 6.07) is 0. The predicted molar refractivity (Wildman–Crippen MR) is 67.1 cm³/mol. The van der Waals surface area contributed by atoms with Crippen LogP contribution in [0.15, 0.2) is 31.1 Å². The van der Waals surface area contributed by atoms with Crippen LogP contribution in [-0.4, -0.2) is 14.5 Å². The second kappa shape index (κ2) is 3.93. The van der Waals surface area contributed by atoms with Crippen LogP contribution in [-0.2, 0) is 7.05 Å². The summed E-state index contributed by atoms with van der Waals surface area (Å²) in [5.74, 6) is 0. The Morgan fingerprint density at radius 2 is 2.06 bits per heavy atom. The molecule has 0 saturated carbocycles. The number of fused-ring (bicyclic) bond motifs is 1. The smallest absolute Gasteiger partial charge is 0.159 e. The first-order valence-corrected chi connectivity index (χ1v) is 5.25. The lowest BCUT2D eigenvalue weighted by molar-refractivity contribution is 0.924. The summed E-state index contributed by atoms with van der Waals surface area (Å²) in [5, 5.41) is 0. The van der Waals surface area contributed by atoms with Gasteiger partial charge in [0.1, 0.15) is 5.52 Å². The molecule has 16 heavy (non-hydrogen) atoms. The average molecular weight is 213 g/mol. The first-order chi connectivity index (χ1) is 7.70. The first kappa shape index (κ1) is 10.6. The largest absolute Gasteiger partial charge is 0.327 e. The third-order valence-corrected chi connectivity index (χ3v) is 2.85. The molecule has 0 N–H and O–H groups in total. The molecule has 0 unspecified atom stereocenters. The van der Waals surface area contributed by atoms with Gasteiger partial charge in [-0.05, 0) is 19.4 Å². The lowest BCUT2D eigenvalue weighted by Gasteiger charge is -2.05. The molecule has 2 aromatic rings. The molecular formula is C13H15N3. The maximum absolute atomic E-state index is 4.37. The Labute approximate surface area is 95.1 Å². The van der Waals surface area contributed by atoms with Crippen molar-refractivity contribution in [1.82, 2.24) is 14.5 Å². The van der Waals surface area contributed by atoms with Crippen LogP contribution in [0.25, 0.3) is 16.7 Å². The predicted octanol–water partition coefficient (Wildman–Crippen LogP) is 2.87. The minimum Gasteiger partial charge on any atom is -0.327 e. The number of nitrogens with zero attached hydrogens (tertiary/aromatic N) is 3. The number of hydrogen-bond donors (Lipinski definition) is 0. The van der Waals surface area contributed by atoms with Crippen molar-refractivity contribution >= 4 is 16.7 Å². The van der Waals surface area contributed by atoms with E-state index in [-0.39, 0.29) is 0 Å². The van der Waals surface area contributed by atoms with Gasteiger partial charge in [0.25, 0.3) is 0 Å². The molecule has 0 aliphatic carbocycles. The van der Waals surface area contributed by atoms with Gasteiger partial charge in [-0.2, -0.15) is 0 Å². The van der Waals surface area contributed by atoms with Gasteiger partial charge in [-0.3, -0.25) is 4.98 Å². The number of hydrogen-bond acceptors (Lipinski definition) is 2. The highest BCUT2D eigenvalue weighted by Gasteiger charge is 2.14. The zero-order valence-electron chi connectivity index (χ0n) is 9.86. The van der Waals surface area contributed by atoms with E-state index in [4.69, 9.17) is 0 Å². The first-order valence-electron chi connectivity index (χ1n) is 5.25. The van der Waals surface area contributed by atoms with Gasteiger partial charge in [0, 0.05) is 25.0 Å². The molecule has 0 radical (unpaired) electrons. The van der Waals surface area contributed by atoms with Crippen molar-refractivity contribution in [2.45, 2.75) is 13.8 Å². The van der Waals surface area contributed by atoms with Crippen molar-refractivity contribution in [3.05, 3.63) is 42.4 Å². The van der Waals surface area contributed by atoms with Gasteiger partial charge in [0.15, 0.2) is 5.65 Å². The Balaban J connectivity index is 2.85. The van der Waals surface area contributed by atoms with E-state index < -0.39 is 0 Å². The van der Waals surface area contributed by atoms with Crippen LogP contribution in [0, 0.1) is 6.92 Å². The topological polar surface area (TPSA) is 30.7 Å². The molecule has 0 atom stereocenters. The Hall–Kier alpha value is -1.90. The number of aryl methyl sites for hydroxylation is 2. The zero-order valence-corrected chi connectivity index (χ0v) is 9.86. The molecule has 0 bridgehead atoms. The number of rotatable bonds is 2. The van der Waals surface area contributed by atoms with Gasteiger partial charge in [0.2, 0.25) is 0 Å². The molecule has 0 fully saturated rings. The van der Waals surface area contributed by atoms with Crippen LogP contribution in [0.5, 0.6) is 0 Å². The summed E-state index contributed by atoms with van der Waals surface area (Å²) in [7, 11) is 2.01. The van der Waals surface area contributed by atoms with Crippen molar-refractivity contribution in [2.75, 3.05) is 0 Å². The van der Waals surface area contributed by atoms with Gasteiger partial charge in [-0.1, -0.05) is 18.7 Å². The van der Waals surface area contributed by atoms with Crippen molar-refractivity contribution < 1.29 is 0 Å². The van der Waals surface area contributed by atoms with E-state index in [2.05, 4.69) is 28.0 Å². The minimum atomic E-state index is 0.913. The van der Waals surface area contributed by atoms with E-state index in [9.17, 15) is 0 Å². The quantitative estimate of drug-likeness (QED) is 0.718. The second-order valence-corrected chi connectivity index (χ2v) is 3.71. The number of allylic oxidation sites excluding steroid dienone is 3. The highest BCUT2D eigenvalue weighted by atomic mass is 15.0. The molecule has 3 heteroatoms. The third-order valence-electron chi connectivity index (χ3n) is 2.85. The number of aromatic nitrogens is 3. The molecule has 2 heterocycles. The molecule has 82 valence electrons. The van der Waals surface area contributed by atoms with Gasteiger partial charge in [0.05, 0.1) is 5.69 Å². The second-order valence-electron chi connectivity index (χ2n) is 3.71. The lowest BCUT2D eigenvalue weighted by Crippen LogP contribution is -1.96. The van der Waals surface area contributed by atoms with Crippen LogP contribution in [0.4, 0.5) is 0 Å². The molecule has 0 amide bonds. The van der Waals surface area contributed by atoms with Gasteiger partial charge >= 0.3 is 0 Å². The van der Waals surface area contributed by atoms with Crippen LogP contribution in [0.2, 0.25) is 0 Å². The van der Waals surface area contributed by atoms with E-state index >= 15 is 0 Å². The SMILES string of the molecule is C=C/C(=C\C)c1c(C)c2nccnc2n1C. The van der Waals surface area contributed by atoms with E-state index in [1.54, 1.807) is 12.4 Å². The van der Waals surface area contributed by atoms with E-state index in [0.29, 0.717) is 0 Å². The van der Waals surface area contributed by atoms with Crippen molar-refractivity contribution in [3.63, 3.8) is 0 Å². The normalized spacial score (nSPS) is 12.1. The molecule has 0 saturated heterocycles. The monoisotopic (exact) mass is 213 g/mol. The highest BCUT2D eigenvalue weighted by molar-refractivity contribution is 5.86. The molecule has 0 aliphatic heterocycles. The summed E-state index contributed by atoms with van der Waals surface area (Å²) in [4.78, 5) is 8.72. The Morgan fingerprint density at radius 3 is 2.62 bits per heavy atom. The minimum absolute atomic E-state index is 0.913. The van der Waals surface area contributed by atoms with Crippen LogP contribution in [0.1, 0.15) is 18.2 Å². The highest BCUT2D eigenvalue weighted by Crippen LogP contribution is 2.27. The molecule has 3 nitrogen and oxygen atoms in total. The van der Waals surface area contributed by atoms with Gasteiger partial charge in [-0.25, -0.2) is 4.98 Å². The summed E-state index contributed by atoms with van der Waals surface area (Å²) in [5.41, 5.74) is 5.27. The standard InChI is InChI=1S/C13H15N3/c1-5-10(6-2)12-9(3)11-13(16(12)4)15-8-7-14-11/h5-8H,1H2,2-4H3/b10-6+. The maximum atomic E-state index is 4.37. The molecule has 0 aliphatic rings. The Bertz CT molecular complexity index is 537. The average Bonchev–Trinajstić information content (AvgIpc) is 2.57. The summed E-state index contributed by atoms with van der Waals surface area (Å²) < 4.78 is 2.06. The van der Waals surface area contributed by atoms with Gasteiger partial charge < -0.3 is 4.57 Å². The molecule has 0 spiro atoms. The molecular weight excluding hydrogens is 198 g/mol. The van der Waals surface area contributed by atoms with Crippen LogP contribution in [0.3, 0.4) is 0 Å². The van der Waals surface area contributed by atoms with Crippen LogP contribution >= 0.6 is 0 Å². The lowest BCUT2D eigenvalue weighted by atomic mass is 10.1. The maximum Gasteiger partial charge on any atom is 0.159 e. The Kier molecular flexibility index (Phi) is 2.60.